The van der Waals surface area contributed by atoms with E-state index in [9.17, 15) is 14.4 Å². The molecule has 0 saturated carbocycles. The fourth-order valence-corrected chi connectivity index (χ4v) is 1.06. The molecule has 1 aliphatic heterocycles. The molecule has 0 aromatic rings. The van der Waals surface area contributed by atoms with E-state index in [2.05, 4.69) is 10.6 Å². The maximum absolute atomic E-state index is 11.1. The Morgan fingerprint density at radius 1 is 1.38 bits per heavy atom. The summed E-state index contributed by atoms with van der Waals surface area (Å²) in [5, 5.41) is 13.1. The van der Waals surface area contributed by atoms with Gasteiger partial charge in [-0.3, -0.25) is 14.4 Å². The Hall–Kier alpha value is -1.59. The first-order chi connectivity index (χ1) is 6.00. The van der Waals surface area contributed by atoms with Crippen LogP contribution in [0.2, 0.25) is 0 Å². The molecule has 0 bridgehead atoms. The Bertz CT molecular complexity index is 263. The lowest BCUT2D eigenvalue weighted by atomic mass is 10.1. The molecule has 0 radical (unpaired) electrons. The van der Waals surface area contributed by atoms with E-state index >= 15 is 0 Å². The highest BCUT2D eigenvalue weighted by atomic mass is 16.4. The maximum Gasteiger partial charge on any atom is 0.305 e. The van der Waals surface area contributed by atoms with Crippen LogP contribution in [-0.4, -0.2) is 35.0 Å². The fraction of sp³-hybridized carbons (Fsp3) is 0.571. The summed E-state index contributed by atoms with van der Waals surface area (Å²) in [6.45, 7) is 1.53. The molecule has 1 rings (SSSR count). The maximum atomic E-state index is 11.1. The van der Waals surface area contributed by atoms with E-state index in [1.54, 1.807) is 0 Å². The van der Waals surface area contributed by atoms with Crippen LogP contribution in [0.1, 0.15) is 13.3 Å². The molecule has 0 aliphatic carbocycles. The van der Waals surface area contributed by atoms with Crippen molar-refractivity contribution in [3.05, 3.63) is 0 Å². The summed E-state index contributed by atoms with van der Waals surface area (Å²) in [4.78, 5) is 32.4. The van der Waals surface area contributed by atoms with Gasteiger partial charge in [0.15, 0.2) is 0 Å². The normalized spacial score (nSPS) is 27.8. The highest BCUT2D eigenvalue weighted by molar-refractivity contribution is 5.98. The Morgan fingerprint density at radius 3 is 2.54 bits per heavy atom. The fourth-order valence-electron chi connectivity index (χ4n) is 1.06. The van der Waals surface area contributed by atoms with Crippen LogP contribution in [0.5, 0.6) is 0 Å². The van der Waals surface area contributed by atoms with Crippen LogP contribution in [0.4, 0.5) is 0 Å². The van der Waals surface area contributed by atoms with Gasteiger partial charge in [0, 0.05) is 0 Å². The van der Waals surface area contributed by atoms with Gasteiger partial charge in [-0.05, 0) is 6.92 Å². The van der Waals surface area contributed by atoms with E-state index in [1.807, 2.05) is 0 Å². The molecular weight excluding hydrogens is 176 g/mol. The third-order valence-electron chi connectivity index (χ3n) is 1.76. The number of rotatable bonds is 2. The summed E-state index contributed by atoms with van der Waals surface area (Å²) >= 11 is 0. The molecule has 6 heteroatoms. The van der Waals surface area contributed by atoms with E-state index in [4.69, 9.17) is 5.11 Å². The van der Waals surface area contributed by atoms with Crippen molar-refractivity contribution in [3.8, 4) is 0 Å². The van der Waals surface area contributed by atoms with Gasteiger partial charge in [0.25, 0.3) is 0 Å². The minimum Gasteiger partial charge on any atom is -0.481 e. The van der Waals surface area contributed by atoms with Crippen LogP contribution in [0.25, 0.3) is 0 Å². The average molecular weight is 186 g/mol. The van der Waals surface area contributed by atoms with Gasteiger partial charge in [0.2, 0.25) is 11.8 Å². The first-order valence-electron chi connectivity index (χ1n) is 3.83. The minimum atomic E-state index is -1.12. The van der Waals surface area contributed by atoms with Gasteiger partial charge in [-0.1, -0.05) is 0 Å². The van der Waals surface area contributed by atoms with Gasteiger partial charge >= 0.3 is 5.97 Å². The highest BCUT2D eigenvalue weighted by Crippen LogP contribution is 2.00. The van der Waals surface area contributed by atoms with E-state index in [1.165, 1.54) is 6.92 Å². The van der Waals surface area contributed by atoms with Gasteiger partial charge in [-0.15, -0.1) is 0 Å². The summed E-state index contributed by atoms with van der Waals surface area (Å²) < 4.78 is 0. The van der Waals surface area contributed by atoms with Crippen molar-refractivity contribution in [1.29, 1.82) is 0 Å². The smallest absolute Gasteiger partial charge is 0.305 e. The SMILES string of the molecule is C[C@H]1NC(=O)[C@@H](CC(=O)O)NC1=O. The first kappa shape index (κ1) is 9.50. The number of hydrogen-bond acceptors (Lipinski definition) is 3. The van der Waals surface area contributed by atoms with E-state index < -0.39 is 24.0 Å². The topological polar surface area (TPSA) is 95.5 Å². The molecule has 1 fully saturated rings. The van der Waals surface area contributed by atoms with Crippen molar-refractivity contribution in [2.75, 3.05) is 0 Å². The van der Waals surface area contributed by atoms with Crippen molar-refractivity contribution in [2.45, 2.75) is 25.4 Å². The second-order valence-corrected chi connectivity index (χ2v) is 2.89. The second-order valence-electron chi connectivity index (χ2n) is 2.89. The van der Waals surface area contributed by atoms with Crippen LogP contribution in [0.3, 0.4) is 0 Å². The quantitative estimate of drug-likeness (QED) is 0.487. The van der Waals surface area contributed by atoms with Crippen LogP contribution in [0.15, 0.2) is 0 Å². The summed E-state index contributed by atoms with van der Waals surface area (Å²) in [6, 6.07) is -1.53. The zero-order valence-electron chi connectivity index (χ0n) is 7.03. The summed E-state index contributed by atoms with van der Waals surface area (Å²) in [7, 11) is 0. The van der Waals surface area contributed by atoms with Gasteiger partial charge < -0.3 is 15.7 Å². The average Bonchev–Trinajstić information content (AvgIpc) is 1.99. The largest absolute Gasteiger partial charge is 0.481 e. The Labute approximate surface area is 74.3 Å². The Balaban J connectivity index is 2.61. The lowest BCUT2D eigenvalue weighted by Crippen LogP contribution is -2.61. The molecule has 0 aromatic heterocycles. The van der Waals surface area contributed by atoms with Crippen molar-refractivity contribution in [2.24, 2.45) is 0 Å². The molecule has 2 atom stereocenters. The van der Waals surface area contributed by atoms with Crippen LogP contribution >= 0.6 is 0 Å². The number of carboxylic acid groups (broad SMARTS) is 1. The van der Waals surface area contributed by atoms with Crippen molar-refractivity contribution < 1.29 is 19.5 Å². The molecule has 13 heavy (non-hydrogen) atoms. The molecule has 0 aromatic carbocycles. The van der Waals surface area contributed by atoms with Gasteiger partial charge in [-0.2, -0.15) is 0 Å². The van der Waals surface area contributed by atoms with Gasteiger partial charge in [0.05, 0.1) is 6.42 Å². The number of piperazine rings is 1. The van der Waals surface area contributed by atoms with E-state index in [0.29, 0.717) is 0 Å². The molecule has 6 nitrogen and oxygen atoms in total. The highest BCUT2D eigenvalue weighted by Gasteiger charge is 2.32. The molecule has 1 aliphatic rings. The number of aliphatic carboxylic acids is 1. The monoisotopic (exact) mass is 186 g/mol. The van der Waals surface area contributed by atoms with Crippen LogP contribution < -0.4 is 10.6 Å². The summed E-state index contributed by atoms with van der Waals surface area (Å²) in [5.74, 6) is -1.92. The van der Waals surface area contributed by atoms with E-state index in [-0.39, 0.29) is 12.3 Å². The predicted molar refractivity (Wildman–Crippen MR) is 41.8 cm³/mol. The number of carbonyl (C=O) groups excluding carboxylic acids is 2. The third kappa shape index (κ3) is 2.17. The zero-order valence-corrected chi connectivity index (χ0v) is 7.03. The first-order valence-corrected chi connectivity index (χ1v) is 3.83. The zero-order chi connectivity index (χ0) is 10.0. The van der Waals surface area contributed by atoms with Crippen molar-refractivity contribution in [1.82, 2.24) is 10.6 Å². The minimum absolute atomic E-state index is 0.356. The lowest BCUT2D eigenvalue weighted by Gasteiger charge is -2.26. The third-order valence-corrected chi connectivity index (χ3v) is 1.76. The molecular formula is C7H10N2O4. The molecule has 3 N–H and O–H groups in total. The van der Waals surface area contributed by atoms with Gasteiger partial charge in [-0.25, -0.2) is 0 Å². The Kier molecular flexibility index (Phi) is 2.50. The summed E-state index contributed by atoms with van der Waals surface area (Å²) in [5.41, 5.74) is 0. The standard InChI is InChI=1S/C7H10N2O4/c1-3-6(12)9-4(2-5(10)11)7(13)8-3/h3-4H,2H2,1H3,(H,8,13)(H,9,12)(H,10,11)/t3-,4-/m1/s1. The van der Waals surface area contributed by atoms with Crippen LogP contribution in [0, 0.1) is 0 Å². The number of carboxylic acids is 1. The predicted octanol–water partition coefficient (Wildman–Crippen LogP) is -1.54. The molecule has 2 amide bonds. The number of carbonyl (C=O) groups is 3. The van der Waals surface area contributed by atoms with Crippen molar-refractivity contribution >= 4 is 17.8 Å². The number of nitrogens with one attached hydrogen (secondary N) is 2. The number of hydrogen-bond donors (Lipinski definition) is 3. The second kappa shape index (κ2) is 3.42. The molecule has 0 unspecified atom stereocenters. The Morgan fingerprint density at radius 2 is 2.00 bits per heavy atom. The number of amides is 2. The van der Waals surface area contributed by atoms with Crippen molar-refractivity contribution in [3.63, 3.8) is 0 Å². The molecule has 0 spiro atoms. The van der Waals surface area contributed by atoms with E-state index in [0.717, 1.165) is 0 Å². The summed E-state index contributed by atoms with van der Waals surface area (Å²) in [6.07, 6.45) is -0.385. The molecule has 1 saturated heterocycles. The lowest BCUT2D eigenvalue weighted by molar-refractivity contribution is -0.143. The molecule has 72 valence electrons. The molecule has 1 heterocycles. The van der Waals surface area contributed by atoms with Crippen LogP contribution in [-0.2, 0) is 14.4 Å². The van der Waals surface area contributed by atoms with Gasteiger partial charge in [0.1, 0.15) is 12.1 Å².